The van der Waals surface area contributed by atoms with Gasteiger partial charge in [0.1, 0.15) is 6.04 Å². The lowest BCUT2D eigenvalue weighted by molar-refractivity contribution is -0.141. The molecule has 0 spiro atoms. The van der Waals surface area contributed by atoms with Crippen LogP contribution < -0.4 is 5.32 Å². The summed E-state index contributed by atoms with van der Waals surface area (Å²) >= 11 is 1.74. The highest BCUT2D eigenvalue weighted by atomic mass is 32.2. The molecular weight excluding hydrogens is 675 g/mol. The van der Waals surface area contributed by atoms with Crippen LogP contribution in [0, 0.1) is 0 Å². The number of aliphatic carboxylic acids is 1. The molecule has 0 radical (unpaired) electrons. The van der Waals surface area contributed by atoms with Crippen LogP contribution >= 0.6 is 11.8 Å². The van der Waals surface area contributed by atoms with Gasteiger partial charge in [-0.25, -0.2) is 4.79 Å². The molecule has 0 aromatic heterocycles. The minimum Gasteiger partial charge on any atom is -0.480 e. The largest absolute Gasteiger partial charge is 0.480 e. The second-order valence-corrected chi connectivity index (χ2v) is 16.4. The average molecular weight is 726 g/mol. The molecule has 7 heteroatoms. The van der Waals surface area contributed by atoms with Crippen molar-refractivity contribution in [2.24, 2.45) is 0 Å². The van der Waals surface area contributed by atoms with Gasteiger partial charge in [0.15, 0.2) is 0 Å². The molecule has 2 heterocycles. The molecule has 2 aliphatic rings. The minimum atomic E-state index is -1.01. The lowest BCUT2D eigenvalue weighted by atomic mass is 9.82. The van der Waals surface area contributed by atoms with Crippen LogP contribution in [0.5, 0.6) is 0 Å². The molecule has 6 nitrogen and oxygen atoms in total. The maximum Gasteiger partial charge on any atom is 0.326 e. The number of carbonyl (C=O) groups excluding carboxylic acids is 1. The van der Waals surface area contributed by atoms with E-state index in [-0.39, 0.29) is 18.7 Å². The van der Waals surface area contributed by atoms with Crippen LogP contribution in [0.15, 0.2) is 77.7 Å². The summed E-state index contributed by atoms with van der Waals surface area (Å²) in [6, 6.07) is 26.4. The summed E-state index contributed by atoms with van der Waals surface area (Å²) < 4.78 is 0. The van der Waals surface area contributed by atoms with Crippen molar-refractivity contribution in [1.82, 2.24) is 15.1 Å². The Morgan fingerprint density at radius 2 is 1.19 bits per heavy atom. The smallest absolute Gasteiger partial charge is 0.326 e. The molecule has 274 valence electrons. The Bertz CT molecular complexity index is 2300. The first-order valence-corrected chi connectivity index (χ1v) is 20.7. The monoisotopic (exact) mass is 725 g/mol. The standard InChI is InChI=1S/C46H51N3O3S/c1-5-33(6-2)48-24-29-14-17-35-36-18-15-31-26-49(34(7-3)8-4)27-32-23-39(44(45(36)42(31)32)37-19-16-30(25-48)41(29)43(35)37)53-21-20-40(50)47-38(46(51)52)22-28-12-10-9-11-13-28/h9-19,23,33-34,38H,5-8,20-22,24-27H2,1-4H3,(H,47,50)(H,51,52). The van der Waals surface area contributed by atoms with Crippen molar-refractivity contribution in [3.05, 3.63) is 101 Å². The predicted octanol–water partition coefficient (Wildman–Crippen LogP) is 10.0. The van der Waals surface area contributed by atoms with Crippen LogP contribution in [0.1, 0.15) is 87.6 Å². The molecule has 6 aromatic rings. The normalized spacial score (nSPS) is 15.4. The van der Waals surface area contributed by atoms with Gasteiger partial charge in [0, 0.05) is 67.1 Å². The summed E-state index contributed by atoms with van der Waals surface area (Å²) in [5, 5.41) is 23.6. The molecule has 0 saturated carbocycles. The van der Waals surface area contributed by atoms with Crippen molar-refractivity contribution in [1.29, 1.82) is 0 Å². The number of thioether (sulfide) groups is 1. The highest BCUT2D eigenvalue weighted by Crippen LogP contribution is 2.49. The maximum atomic E-state index is 13.3. The van der Waals surface area contributed by atoms with Gasteiger partial charge in [-0.1, -0.05) is 94.4 Å². The minimum absolute atomic E-state index is 0.231. The fourth-order valence-corrected chi connectivity index (χ4v) is 10.7. The van der Waals surface area contributed by atoms with E-state index in [4.69, 9.17) is 0 Å². The Morgan fingerprint density at radius 3 is 1.75 bits per heavy atom. The van der Waals surface area contributed by atoms with Gasteiger partial charge >= 0.3 is 5.97 Å². The van der Waals surface area contributed by atoms with Crippen molar-refractivity contribution in [2.45, 2.75) is 115 Å². The Labute approximate surface area is 317 Å². The number of nitrogens with one attached hydrogen (secondary N) is 1. The van der Waals surface area contributed by atoms with Crippen LogP contribution in [0.3, 0.4) is 0 Å². The number of hydrogen-bond acceptors (Lipinski definition) is 5. The molecular formula is C46H51N3O3S. The van der Waals surface area contributed by atoms with E-state index in [1.54, 1.807) is 11.8 Å². The zero-order valence-corrected chi connectivity index (χ0v) is 32.3. The van der Waals surface area contributed by atoms with E-state index in [1.807, 2.05) is 30.3 Å². The van der Waals surface area contributed by atoms with Gasteiger partial charge in [-0.2, -0.15) is 0 Å². The average Bonchev–Trinajstić information content (AvgIpc) is 3.17. The van der Waals surface area contributed by atoms with Gasteiger partial charge in [0.2, 0.25) is 5.91 Å². The van der Waals surface area contributed by atoms with E-state index < -0.39 is 12.0 Å². The van der Waals surface area contributed by atoms with Crippen molar-refractivity contribution in [2.75, 3.05) is 5.75 Å². The van der Waals surface area contributed by atoms with E-state index in [1.165, 1.54) is 70.2 Å². The second-order valence-electron chi connectivity index (χ2n) is 15.2. The third kappa shape index (κ3) is 6.45. The summed E-state index contributed by atoms with van der Waals surface area (Å²) in [5.41, 5.74) is 6.50. The predicted molar refractivity (Wildman–Crippen MR) is 220 cm³/mol. The van der Waals surface area contributed by atoms with E-state index in [2.05, 4.69) is 85.3 Å². The number of carbonyl (C=O) groups is 2. The fourth-order valence-electron chi connectivity index (χ4n) is 9.58. The summed E-state index contributed by atoms with van der Waals surface area (Å²) in [6.45, 7) is 13.0. The van der Waals surface area contributed by atoms with Crippen molar-refractivity contribution in [3.63, 3.8) is 0 Å². The van der Waals surface area contributed by atoms with Crippen LogP contribution in [0.2, 0.25) is 0 Å². The zero-order chi connectivity index (χ0) is 36.8. The number of benzene rings is 6. The third-order valence-corrected chi connectivity index (χ3v) is 13.3. The number of hydrogen-bond donors (Lipinski definition) is 2. The molecule has 0 fully saturated rings. The first-order valence-electron chi connectivity index (χ1n) is 19.7. The number of rotatable bonds is 14. The number of nitrogens with zero attached hydrogens (tertiary/aromatic N) is 2. The number of carboxylic acid groups (broad SMARTS) is 1. The molecule has 2 N–H and O–H groups in total. The number of amides is 1. The quantitative estimate of drug-likeness (QED) is 0.0662. The number of carboxylic acids is 1. The lowest BCUT2D eigenvalue weighted by Crippen LogP contribution is -2.42. The van der Waals surface area contributed by atoms with Crippen molar-refractivity contribution >= 4 is 66.7 Å². The first kappa shape index (κ1) is 35.8. The van der Waals surface area contributed by atoms with Crippen LogP contribution in [0.4, 0.5) is 0 Å². The number of fused-ring (bicyclic) bond motifs is 2. The Morgan fingerprint density at radius 1 is 0.660 bits per heavy atom. The Hall–Kier alpha value is -4.17. The molecule has 1 atom stereocenters. The van der Waals surface area contributed by atoms with Crippen LogP contribution in [0.25, 0.3) is 43.1 Å². The van der Waals surface area contributed by atoms with Gasteiger partial charge in [0.05, 0.1) is 0 Å². The van der Waals surface area contributed by atoms with Crippen molar-refractivity contribution < 1.29 is 14.7 Å². The maximum absolute atomic E-state index is 13.3. The molecule has 2 aliphatic heterocycles. The zero-order valence-electron chi connectivity index (χ0n) is 31.5. The highest BCUT2D eigenvalue weighted by Gasteiger charge is 2.30. The van der Waals surface area contributed by atoms with Gasteiger partial charge in [-0.05, 0) is 97.3 Å². The van der Waals surface area contributed by atoms with E-state index in [9.17, 15) is 14.7 Å². The summed E-state index contributed by atoms with van der Waals surface area (Å²) in [7, 11) is 0. The van der Waals surface area contributed by atoms with Crippen LogP contribution in [-0.4, -0.2) is 50.7 Å². The summed E-state index contributed by atoms with van der Waals surface area (Å²) in [5.74, 6) is -0.684. The Balaban J connectivity index is 1.21. The van der Waals surface area contributed by atoms with Gasteiger partial charge < -0.3 is 10.4 Å². The SMILES string of the molecule is CCC(CC)N1Cc2ccc3c4ccc5c6c(cc(SCCC(=O)NC(Cc7ccccc7)C(=O)O)c(c7ccc(c2c37)C1)c64)CN(C(CC)CC)C5. The third-order valence-electron chi connectivity index (χ3n) is 12.2. The second kappa shape index (κ2) is 14.9. The summed E-state index contributed by atoms with van der Waals surface area (Å²) in [6.07, 6.45) is 5.05. The van der Waals surface area contributed by atoms with E-state index in [0.29, 0.717) is 17.8 Å². The molecule has 6 aromatic carbocycles. The first-order chi connectivity index (χ1) is 25.8. The molecule has 53 heavy (non-hydrogen) atoms. The van der Waals surface area contributed by atoms with Gasteiger partial charge in [-0.15, -0.1) is 11.8 Å². The molecule has 1 amide bonds. The molecule has 0 aliphatic carbocycles. The highest BCUT2D eigenvalue weighted by molar-refractivity contribution is 7.99. The van der Waals surface area contributed by atoms with E-state index >= 15 is 0 Å². The fraction of sp³-hybridized carbons (Fsp3) is 0.391. The molecule has 0 bridgehead atoms. The van der Waals surface area contributed by atoms with Crippen LogP contribution in [-0.2, 0) is 42.2 Å². The molecule has 0 saturated heterocycles. The Kier molecular flexibility index (Phi) is 10.1. The lowest BCUT2D eigenvalue weighted by Gasteiger charge is -2.37. The summed E-state index contributed by atoms with van der Waals surface area (Å²) in [4.78, 5) is 31.9. The van der Waals surface area contributed by atoms with Gasteiger partial charge in [-0.3, -0.25) is 14.6 Å². The van der Waals surface area contributed by atoms with E-state index in [0.717, 1.165) is 57.4 Å². The van der Waals surface area contributed by atoms with Crippen molar-refractivity contribution in [3.8, 4) is 0 Å². The molecule has 8 rings (SSSR count). The van der Waals surface area contributed by atoms with Gasteiger partial charge in [0.25, 0.3) is 0 Å². The molecule has 1 unspecified atom stereocenters. The topological polar surface area (TPSA) is 72.9 Å².